The number of hydrogen-bond donors (Lipinski definition) is 1. The van der Waals surface area contributed by atoms with Gasteiger partial charge in [0, 0.05) is 0 Å². The summed E-state index contributed by atoms with van der Waals surface area (Å²) in [7, 11) is 0. The summed E-state index contributed by atoms with van der Waals surface area (Å²) in [6, 6.07) is 6.27. The molecule has 5 nitrogen and oxygen atoms in total. The van der Waals surface area contributed by atoms with Gasteiger partial charge < -0.3 is 15.0 Å². The van der Waals surface area contributed by atoms with Crippen LogP contribution >= 0.6 is 24.0 Å². The molecule has 7 heteroatoms. The topological polar surface area (TPSA) is 80.7 Å². The highest BCUT2D eigenvalue weighted by Crippen LogP contribution is 2.32. The molecular formula is C12H8NO4S2-. The number of amides is 1. The number of benzene rings is 1. The number of carboxylic acids is 1. The van der Waals surface area contributed by atoms with Crippen molar-refractivity contribution >= 4 is 46.3 Å². The molecule has 2 rings (SSSR count). The number of aromatic hydroxyl groups is 1. The molecule has 1 heterocycles. The number of carboxylic acid groups (broad SMARTS) is 1. The van der Waals surface area contributed by atoms with E-state index in [2.05, 4.69) is 0 Å². The van der Waals surface area contributed by atoms with Crippen LogP contribution in [0, 0.1) is 0 Å². The normalized spacial score (nSPS) is 17.3. The SMILES string of the molecule is O=C([O-])CN1C(=O)C(=Cc2ccc(O)cc2)SC1=S. The lowest BCUT2D eigenvalue weighted by Crippen LogP contribution is -2.40. The van der Waals surface area contributed by atoms with Crippen molar-refractivity contribution in [3.63, 3.8) is 0 Å². The van der Waals surface area contributed by atoms with E-state index in [0.29, 0.717) is 10.5 Å². The van der Waals surface area contributed by atoms with Crippen molar-refractivity contribution in [2.75, 3.05) is 6.54 Å². The van der Waals surface area contributed by atoms with Gasteiger partial charge in [-0.1, -0.05) is 36.1 Å². The van der Waals surface area contributed by atoms with Crippen LogP contribution in [-0.2, 0) is 9.59 Å². The Labute approximate surface area is 118 Å². The number of carbonyl (C=O) groups is 2. The Hall–Kier alpha value is -1.86. The molecule has 1 aliphatic heterocycles. The predicted octanol–water partition coefficient (Wildman–Crippen LogP) is 0.343. The second kappa shape index (κ2) is 5.41. The van der Waals surface area contributed by atoms with E-state index in [-0.39, 0.29) is 10.1 Å². The van der Waals surface area contributed by atoms with Gasteiger partial charge in [-0.15, -0.1) is 0 Å². The molecule has 0 atom stereocenters. The van der Waals surface area contributed by atoms with E-state index in [0.717, 1.165) is 16.7 Å². The number of nitrogens with zero attached hydrogens (tertiary/aromatic N) is 1. The molecule has 0 unspecified atom stereocenters. The van der Waals surface area contributed by atoms with Crippen LogP contribution < -0.4 is 5.11 Å². The molecule has 1 fully saturated rings. The lowest BCUT2D eigenvalue weighted by Gasteiger charge is -2.14. The van der Waals surface area contributed by atoms with E-state index >= 15 is 0 Å². The van der Waals surface area contributed by atoms with Crippen molar-refractivity contribution in [2.24, 2.45) is 0 Å². The van der Waals surface area contributed by atoms with Gasteiger partial charge in [0.15, 0.2) is 0 Å². The highest BCUT2D eigenvalue weighted by Gasteiger charge is 2.31. The number of rotatable bonds is 3. The Morgan fingerprint density at radius 3 is 2.63 bits per heavy atom. The summed E-state index contributed by atoms with van der Waals surface area (Å²) in [6.45, 7) is -0.544. The number of phenols is 1. The van der Waals surface area contributed by atoms with E-state index in [1.165, 1.54) is 12.1 Å². The first-order valence-corrected chi connectivity index (χ1v) is 6.44. The molecule has 1 aromatic carbocycles. The van der Waals surface area contributed by atoms with Crippen LogP contribution in [-0.4, -0.2) is 32.7 Å². The van der Waals surface area contributed by atoms with Gasteiger partial charge in [0.2, 0.25) is 0 Å². The molecule has 1 aromatic rings. The van der Waals surface area contributed by atoms with Crippen molar-refractivity contribution in [1.82, 2.24) is 4.90 Å². The van der Waals surface area contributed by atoms with Crippen molar-refractivity contribution in [3.05, 3.63) is 34.7 Å². The zero-order valence-electron chi connectivity index (χ0n) is 9.53. The van der Waals surface area contributed by atoms with Crippen molar-refractivity contribution < 1.29 is 19.8 Å². The maximum atomic E-state index is 11.9. The fourth-order valence-corrected chi connectivity index (χ4v) is 2.74. The van der Waals surface area contributed by atoms with Crippen LogP contribution in [0.3, 0.4) is 0 Å². The molecule has 0 saturated carbocycles. The van der Waals surface area contributed by atoms with Gasteiger partial charge in [-0.05, 0) is 23.8 Å². The van der Waals surface area contributed by atoms with E-state index < -0.39 is 18.4 Å². The van der Waals surface area contributed by atoms with E-state index in [4.69, 9.17) is 17.3 Å². The number of hydrogen-bond acceptors (Lipinski definition) is 6. The summed E-state index contributed by atoms with van der Waals surface area (Å²) in [5.74, 6) is -1.68. The minimum absolute atomic E-state index is 0.127. The Morgan fingerprint density at radius 1 is 1.42 bits per heavy atom. The zero-order valence-corrected chi connectivity index (χ0v) is 11.2. The van der Waals surface area contributed by atoms with E-state index in [1.54, 1.807) is 18.2 Å². The summed E-state index contributed by atoms with van der Waals surface area (Å²) in [5, 5.41) is 19.7. The number of carbonyl (C=O) groups excluding carboxylic acids is 2. The minimum Gasteiger partial charge on any atom is -0.548 e. The predicted molar refractivity (Wildman–Crippen MR) is 73.0 cm³/mol. The first kappa shape index (κ1) is 13.6. The van der Waals surface area contributed by atoms with Crippen molar-refractivity contribution in [2.45, 2.75) is 0 Å². The molecule has 19 heavy (non-hydrogen) atoms. The maximum Gasteiger partial charge on any atom is 0.266 e. The van der Waals surface area contributed by atoms with Crippen molar-refractivity contribution in [3.8, 4) is 5.75 Å². The van der Waals surface area contributed by atoms with Crippen LogP contribution in [0.4, 0.5) is 0 Å². The largest absolute Gasteiger partial charge is 0.548 e. The molecule has 0 radical (unpaired) electrons. The summed E-state index contributed by atoms with van der Waals surface area (Å²) < 4.78 is 0.194. The fraction of sp³-hybridized carbons (Fsp3) is 0.0833. The first-order valence-electron chi connectivity index (χ1n) is 5.21. The van der Waals surface area contributed by atoms with Gasteiger partial charge in [-0.25, -0.2) is 0 Å². The Bertz CT molecular complexity index is 580. The van der Waals surface area contributed by atoms with E-state index in [1.807, 2.05) is 0 Å². The van der Waals surface area contributed by atoms with Crippen LogP contribution in [0.1, 0.15) is 5.56 Å². The molecule has 1 saturated heterocycles. The standard InChI is InChI=1S/C12H9NO4S2/c14-8-3-1-7(2-4-8)5-9-11(17)13(6-10(15)16)12(18)19-9/h1-5,14H,6H2,(H,15,16)/p-1. The Balaban J connectivity index is 2.23. The molecule has 0 aromatic heterocycles. The summed E-state index contributed by atoms with van der Waals surface area (Å²) in [4.78, 5) is 23.8. The smallest absolute Gasteiger partial charge is 0.266 e. The molecule has 98 valence electrons. The molecule has 1 amide bonds. The zero-order chi connectivity index (χ0) is 14.0. The van der Waals surface area contributed by atoms with Gasteiger partial charge in [0.1, 0.15) is 10.1 Å². The molecule has 0 aliphatic carbocycles. The third kappa shape index (κ3) is 3.12. The fourth-order valence-electron chi connectivity index (χ4n) is 1.49. The van der Waals surface area contributed by atoms with Crippen molar-refractivity contribution in [1.29, 1.82) is 0 Å². The Morgan fingerprint density at radius 2 is 2.05 bits per heavy atom. The van der Waals surface area contributed by atoms with Crippen LogP contribution in [0.15, 0.2) is 29.2 Å². The average Bonchev–Trinajstić information content (AvgIpc) is 2.60. The first-order chi connectivity index (χ1) is 8.97. The maximum absolute atomic E-state index is 11.9. The van der Waals surface area contributed by atoms with Crippen LogP contribution in [0.2, 0.25) is 0 Å². The van der Waals surface area contributed by atoms with Gasteiger partial charge in [0.05, 0.1) is 17.4 Å². The van der Waals surface area contributed by atoms with Gasteiger partial charge in [-0.2, -0.15) is 0 Å². The monoisotopic (exact) mass is 294 g/mol. The van der Waals surface area contributed by atoms with Crippen LogP contribution in [0.5, 0.6) is 5.75 Å². The number of aliphatic carboxylic acids is 1. The highest BCUT2D eigenvalue weighted by atomic mass is 32.2. The second-order valence-corrected chi connectivity index (χ2v) is 5.41. The highest BCUT2D eigenvalue weighted by molar-refractivity contribution is 8.26. The van der Waals surface area contributed by atoms with E-state index in [9.17, 15) is 14.7 Å². The van der Waals surface area contributed by atoms with Gasteiger partial charge in [0.25, 0.3) is 5.91 Å². The van der Waals surface area contributed by atoms with Gasteiger partial charge in [-0.3, -0.25) is 9.69 Å². The second-order valence-electron chi connectivity index (χ2n) is 3.73. The summed E-state index contributed by atoms with van der Waals surface area (Å²) >= 11 is 5.98. The van der Waals surface area contributed by atoms with Crippen LogP contribution in [0.25, 0.3) is 6.08 Å². The summed E-state index contributed by atoms with van der Waals surface area (Å²) in [5.41, 5.74) is 0.715. The number of phenolic OH excluding ortho intramolecular Hbond substituents is 1. The third-order valence-electron chi connectivity index (χ3n) is 2.35. The molecule has 0 spiro atoms. The number of thiocarbonyl (C=S) groups is 1. The molecule has 1 aliphatic rings. The average molecular weight is 294 g/mol. The quantitative estimate of drug-likeness (QED) is 0.640. The molecular weight excluding hydrogens is 286 g/mol. The minimum atomic E-state index is -1.36. The third-order valence-corrected chi connectivity index (χ3v) is 3.73. The Kier molecular flexibility index (Phi) is 3.87. The summed E-state index contributed by atoms with van der Waals surface area (Å²) in [6.07, 6.45) is 1.59. The molecule has 0 bridgehead atoms. The molecule has 1 N–H and O–H groups in total. The lowest BCUT2D eigenvalue weighted by molar-refractivity contribution is -0.305. The lowest BCUT2D eigenvalue weighted by atomic mass is 10.2. The van der Waals surface area contributed by atoms with Gasteiger partial charge >= 0.3 is 0 Å². The number of thioether (sulfide) groups is 1.